The molecule has 0 radical (unpaired) electrons. The zero-order valence-electron chi connectivity index (χ0n) is 11.8. The minimum atomic E-state index is -0.583. The van der Waals surface area contributed by atoms with Gasteiger partial charge in [0.2, 0.25) is 11.7 Å². The van der Waals surface area contributed by atoms with E-state index in [-0.39, 0.29) is 5.76 Å². The van der Waals surface area contributed by atoms with Crippen molar-refractivity contribution in [2.75, 3.05) is 0 Å². The molecule has 2 N–H and O–H groups in total. The summed E-state index contributed by atoms with van der Waals surface area (Å²) in [7, 11) is 0. The number of primary amides is 1. The molecule has 1 heterocycles. The van der Waals surface area contributed by atoms with Gasteiger partial charge in [0.15, 0.2) is 0 Å². The van der Waals surface area contributed by atoms with E-state index in [4.69, 9.17) is 14.9 Å². The van der Waals surface area contributed by atoms with E-state index in [1.54, 1.807) is 13.0 Å². The summed E-state index contributed by atoms with van der Waals surface area (Å²) in [6.07, 6.45) is 0. The molecule has 1 aromatic heterocycles. The van der Waals surface area contributed by atoms with Crippen molar-refractivity contribution in [3.8, 4) is 5.75 Å². The van der Waals surface area contributed by atoms with Crippen LogP contribution in [0.15, 0.2) is 52.9 Å². The first-order chi connectivity index (χ1) is 10.6. The molecule has 0 spiro atoms. The van der Waals surface area contributed by atoms with Crippen LogP contribution in [0.1, 0.15) is 26.5 Å². The molecule has 0 aliphatic carbocycles. The van der Waals surface area contributed by atoms with E-state index in [1.165, 1.54) is 24.3 Å². The quantitative estimate of drug-likeness (QED) is 0.594. The maximum atomic E-state index is 12.2. The number of ether oxygens (including phenoxy) is 1. The molecule has 2 aromatic carbocycles. The first kappa shape index (κ1) is 13.9. The number of furan rings is 1. The Kier molecular flexibility index (Phi) is 3.39. The molecule has 3 rings (SSSR count). The zero-order valence-corrected chi connectivity index (χ0v) is 11.8. The third-order valence-electron chi connectivity index (χ3n) is 3.38. The molecule has 0 aliphatic heterocycles. The number of rotatable bonds is 3. The number of carbonyl (C=O) groups is 2. The molecule has 0 unspecified atom stereocenters. The van der Waals surface area contributed by atoms with Gasteiger partial charge in [-0.05, 0) is 37.3 Å². The number of carbonyl (C=O) groups excluding carboxylic acids is 2. The fourth-order valence-corrected chi connectivity index (χ4v) is 2.21. The summed E-state index contributed by atoms with van der Waals surface area (Å²) in [5.74, 6) is -0.637. The average Bonchev–Trinajstić information content (AvgIpc) is 2.85. The highest BCUT2D eigenvalue weighted by atomic mass is 16.5. The number of benzene rings is 2. The van der Waals surface area contributed by atoms with Crippen molar-refractivity contribution in [3.63, 3.8) is 0 Å². The van der Waals surface area contributed by atoms with Crippen LogP contribution >= 0.6 is 0 Å². The van der Waals surface area contributed by atoms with E-state index < -0.39 is 11.9 Å². The van der Waals surface area contributed by atoms with Crippen molar-refractivity contribution in [2.24, 2.45) is 5.73 Å². The Balaban J connectivity index is 1.87. The number of esters is 1. The maximum absolute atomic E-state index is 12.2. The molecule has 5 heteroatoms. The summed E-state index contributed by atoms with van der Waals surface area (Å²) in [4.78, 5) is 23.2. The third-order valence-corrected chi connectivity index (χ3v) is 3.38. The molecule has 110 valence electrons. The van der Waals surface area contributed by atoms with Crippen LogP contribution in [0.25, 0.3) is 11.0 Å². The van der Waals surface area contributed by atoms with Gasteiger partial charge in [0.05, 0.1) is 0 Å². The number of hydrogen-bond acceptors (Lipinski definition) is 4. The van der Waals surface area contributed by atoms with Gasteiger partial charge in [-0.15, -0.1) is 0 Å². The topological polar surface area (TPSA) is 82.5 Å². The van der Waals surface area contributed by atoms with Crippen LogP contribution in [0, 0.1) is 6.92 Å². The lowest BCUT2D eigenvalue weighted by Gasteiger charge is -2.03. The second-order valence-electron chi connectivity index (χ2n) is 4.83. The molecule has 0 saturated carbocycles. The van der Waals surface area contributed by atoms with Crippen LogP contribution in [-0.4, -0.2) is 11.9 Å². The summed E-state index contributed by atoms with van der Waals surface area (Å²) in [6.45, 7) is 1.80. The molecule has 5 nitrogen and oxygen atoms in total. The van der Waals surface area contributed by atoms with Crippen LogP contribution < -0.4 is 10.5 Å². The number of aryl methyl sites for hydroxylation is 1. The van der Waals surface area contributed by atoms with Crippen LogP contribution in [0.5, 0.6) is 5.75 Å². The van der Waals surface area contributed by atoms with E-state index in [0.29, 0.717) is 16.9 Å². The standard InChI is InChI=1S/C17H13NO4/c1-10-13-4-2-3-5-14(13)22-15(10)17(20)21-12-8-6-11(7-9-12)16(18)19/h2-9H,1H3,(H2,18,19). The van der Waals surface area contributed by atoms with Gasteiger partial charge in [0.25, 0.3) is 0 Å². The number of para-hydroxylation sites is 1. The maximum Gasteiger partial charge on any atom is 0.379 e. The van der Waals surface area contributed by atoms with Crippen LogP contribution in [-0.2, 0) is 0 Å². The van der Waals surface area contributed by atoms with Gasteiger partial charge in [-0.2, -0.15) is 0 Å². The lowest BCUT2D eigenvalue weighted by molar-refractivity contribution is 0.0703. The number of nitrogens with two attached hydrogens (primary N) is 1. The van der Waals surface area contributed by atoms with E-state index in [1.807, 2.05) is 18.2 Å². The predicted octanol–water partition coefficient (Wildman–Crippen LogP) is 3.06. The van der Waals surface area contributed by atoms with Crippen molar-refractivity contribution in [2.45, 2.75) is 6.92 Å². The Morgan fingerprint density at radius 1 is 1.05 bits per heavy atom. The van der Waals surface area contributed by atoms with Gasteiger partial charge < -0.3 is 14.9 Å². The van der Waals surface area contributed by atoms with Crippen molar-refractivity contribution in [1.82, 2.24) is 0 Å². The lowest BCUT2D eigenvalue weighted by Crippen LogP contribution is -2.11. The highest BCUT2D eigenvalue weighted by Crippen LogP contribution is 2.26. The summed E-state index contributed by atoms with van der Waals surface area (Å²) in [5.41, 5.74) is 6.87. The first-order valence-corrected chi connectivity index (χ1v) is 6.66. The van der Waals surface area contributed by atoms with Crippen molar-refractivity contribution in [3.05, 3.63) is 65.4 Å². The van der Waals surface area contributed by atoms with Crippen LogP contribution in [0.3, 0.4) is 0 Å². The summed E-state index contributed by atoms with van der Waals surface area (Å²) < 4.78 is 10.8. The van der Waals surface area contributed by atoms with Crippen molar-refractivity contribution >= 4 is 22.8 Å². The second kappa shape index (κ2) is 5.37. The summed E-state index contributed by atoms with van der Waals surface area (Å²) in [5, 5.41) is 0.874. The van der Waals surface area contributed by atoms with Crippen LogP contribution in [0.2, 0.25) is 0 Å². The van der Waals surface area contributed by atoms with E-state index in [2.05, 4.69) is 0 Å². The predicted molar refractivity (Wildman–Crippen MR) is 80.9 cm³/mol. The minimum Gasteiger partial charge on any atom is -0.449 e. The van der Waals surface area contributed by atoms with E-state index in [9.17, 15) is 9.59 Å². The fourth-order valence-electron chi connectivity index (χ4n) is 2.21. The molecule has 0 aliphatic rings. The first-order valence-electron chi connectivity index (χ1n) is 6.66. The number of hydrogen-bond donors (Lipinski definition) is 1. The third kappa shape index (κ3) is 2.44. The Morgan fingerprint density at radius 2 is 1.73 bits per heavy atom. The molecule has 3 aromatic rings. The second-order valence-corrected chi connectivity index (χ2v) is 4.83. The Labute approximate surface area is 126 Å². The molecule has 0 bridgehead atoms. The molecule has 0 saturated heterocycles. The molecule has 1 amide bonds. The molecule has 0 atom stereocenters. The van der Waals surface area contributed by atoms with Gasteiger partial charge in [0, 0.05) is 16.5 Å². The Hall–Kier alpha value is -3.08. The highest BCUT2D eigenvalue weighted by Gasteiger charge is 2.19. The van der Waals surface area contributed by atoms with Gasteiger partial charge >= 0.3 is 5.97 Å². The van der Waals surface area contributed by atoms with Crippen molar-refractivity contribution < 1.29 is 18.7 Å². The molecule has 0 fully saturated rings. The van der Waals surface area contributed by atoms with E-state index in [0.717, 1.165) is 10.9 Å². The number of fused-ring (bicyclic) bond motifs is 1. The normalized spacial score (nSPS) is 10.6. The fraction of sp³-hybridized carbons (Fsp3) is 0.0588. The van der Waals surface area contributed by atoms with E-state index >= 15 is 0 Å². The van der Waals surface area contributed by atoms with Gasteiger partial charge in [0.1, 0.15) is 11.3 Å². The SMILES string of the molecule is Cc1c(C(=O)Oc2ccc(C(N)=O)cc2)oc2ccccc12. The Morgan fingerprint density at radius 3 is 2.36 bits per heavy atom. The molecular weight excluding hydrogens is 282 g/mol. The van der Waals surface area contributed by atoms with Gasteiger partial charge in [-0.3, -0.25) is 4.79 Å². The Bertz CT molecular complexity index is 862. The highest BCUT2D eigenvalue weighted by molar-refractivity contribution is 5.97. The largest absolute Gasteiger partial charge is 0.449 e. The van der Waals surface area contributed by atoms with Crippen molar-refractivity contribution in [1.29, 1.82) is 0 Å². The minimum absolute atomic E-state index is 0.167. The van der Waals surface area contributed by atoms with Gasteiger partial charge in [-0.25, -0.2) is 4.79 Å². The van der Waals surface area contributed by atoms with Crippen LogP contribution in [0.4, 0.5) is 0 Å². The van der Waals surface area contributed by atoms with Gasteiger partial charge in [-0.1, -0.05) is 18.2 Å². The summed E-state index contributed by atoms with van der Waals surface area (Å²) in [6, 6.07) is 13.4. The monoisotopic (exact) mass is 295 g/mol. The zero-order chi connectivity index (χ0) is 15.7. The smallest absolute Gasteiger partial charge is 0.379 e. The molecular formula is C17H13NO4. The number of amides is 1. The molecule has 22 heavy (non-hydrogen) atoms. The lowest BCUT2D eigenvalue weighted by atomic mass is 10.1. The average molecular weight is 295 g/mol. The summed E-state index contributed by atoms with van der Waals surface area (Å²) >= 11 is 0.